The van der Waals surface area contributed by atoms with Gasteiger partial charge in [0.2, 0.25) is 0 Å². The van der Waals surface area contributed by atoms with Gasteiger partial charge in [-0.25, -0.2) is 0 Å². The number of hydrogen-bond acceptors (Lipinski definition) is 1. The van der Waals surface area contributed by atoms with Crippen molar-refractivity contribution in [2.24, 2.45) is 0 Å². The molecule has 0 aliphatic heterocycles. The third-order valence-corrected chi connectivity index (χ3v) is 5.41. The first-order valence-electron chi connectivity index (χ1n) is 7.17. The van der Waals surface area contributed by atoms with E-state index >= 15 is 0 Å². The Balaban J connectivity index is 1.77. The second kappa shape index (κ2) is 5.64. The van der Waals surface area contributed by atoms with Crippen LogP contribution in [0.25, 0.3) is 21.5 Å². The fourth-order valence-corrected chi connectivity index (χ4v) is 3.95. The maximum atomic E-state index is 5.67. The van der Waals surface area contributed by atoms with Gasteiger partial charge in [-0.15, -0.1) is 0 Å². The molecule has 0 aliphatic carbocycles. The van der Waals surface area contributed by atoms with Crippen LogP contribution in [0.2, 0.25) is 0 Å². The highest BCUT2D eigenvalue weighted by Crippen LogP contribution is 2.37. The Kier molecular flexibility index (Phi) is 3.49. The minimum Gasteiger partial charge on any atom is -0.0885 e. The Hall–Kier alpha value is -2.03. The van der Waals surface area contributed by atoms with E-state index in [0.29, 0.717) is 0 Å². The van der Waals surface area contributed by atoms with Gasteiger partial charge in [-0.2, -0.15) is 0 Å². The molecule has 0 fully saturated rings. The Morgan fingerprint density at radius 3 is 2.18 bits per heavy atom. The van der Waals surface area contributed by atoms with Crippen LogP contribution in [-0.2, 0) is 0 Å². The van der Waals surface area contributed by atoms with E-state index in [9.17, 15) is 0 Å². The van der Waals surface area contributed by atoms with Crippen LogP contribution in [0, 0.1) is 0 Å². The van der Waals surface area contributed by atoms with Crippen LogP contribution in [0.5, 0.6) is 0 Å². The molecule has 0 aromatic heterocycles. The maximum Gasteiger partial charge on any atom is 0.0594 e. The van der Waals surface area contributed by atoms with Gasteiger partial charge in [-0.3, -0.25) is 0 Å². The zero-order valence-corrected chi connectivity index (χ0v) is 13.5. The zero-order valence-electron chi connectivity index (χ0n) is 11.8. The molecule has 0 atom stereocenters. The lowest BCUT2D eigenvalue weighted by molar-refractivity contribution is 1.30. The van der Waals surface area contributed by atoms with Crippen molar-refractivity contribution in [3.05, 3.63) is 78.9 Å². The third kappa shape index (κ3) is 2.45. The molecule has 0 amide bonds. The van der Waals surface area contributed by atoms with Gasteiger partial charge in [0.1, 0.15) is 0 Å². The molecule has 0 nitrogen and oxygen atoms in total. The normalized spacial score (nSPS) is 11.1. The van der Waals surface area contributed by atoms with Crippen LogP contribution in [0.4, 0.5) is 0 Å². The topological polar surface area (TPSA) is 0 Å². The molecule has 0 saturated heterocycles. The summed E-state index contributed by atoms with van der Waals surface area (Å²) in [5, 5.41) is 4.89. The van der Waals surface area contributed by atoms with Gasteiger partial charge < -0.3 is 0 Å². The predicted octanol–water partition coefficient (Wildman–Crippen LogP) is 6.70. The molecule has 22 heavy (non-hydrogen) atoms. The van der Waals surface area contributed by atoms with Crippen LogP contribution in [0.15, 0.2) is 93.5 Å². The van der Waals surface area contributed by atoms with Crippen molar-refractivity contribution in [2.75, 3.05) is 0 Å². The first-order chi connectivity index (χ1) is 10.8. The van der Waals surface area contributed by atoms with E-state index in [0.717, 1.165) is 15.2 Å². The highest BCUT2D eigenvalue weighted by atomic mass is 32.2. The van der Waals surface area contributed by atoms with Gasteiger partial charge in [0.25, 0.3) is 0 Å². The number of fused-ring (bicyclic) bond motifs is 2. The second-order valence-electron chi connectivity index (χ2n) is 5.22. The van der Waals surface area contributed by atoms with E-state index < -0.39 is 0 Å². The summed E-state index contributed by atoms with van der Waals surface area (Å²) in [6, 6.07) is 27.6. The Labute approximate surface area is 139 Å². The predicted molar refractivity (Wildman–Crippen MR) is 97.9 cm³/mol. The minimum atomic E-state index is 0.941. The van der Waals surface area contributed by atoms with Crippen LogP contribution < -0.4 is 0 Å². The molecule has 0 unspecified atom stereocenters. The Morgan fingerprint density at radius 2 is 1.32 bits per heavy atom. The quantitative estimate of drug-likeness (QED) is 0.396. The van der Waals surface area contributed by atoms with Crippen LogP contribution in [0.3, 0.4) is 0 Å². The fourth-order valence-electron chi connectivity index (χ4n) is 2.66. The summed E-state index contributed by atoms with van der Waals surface area (Å²) in [5.74, 6) is 0. The zero-order chi connectivity index (χ0) is 14.9. The van der Waals surface area contributed by atoms with Crippen LogP contribution in [-0.4, -0.2) is 0 Å². The van der Waals surface area contributed by atoms with Crippen molar-refractivity contribution in [3.8, 4) is 0 Å². The Bertz CT molecular complexity index is 973. The maximum absolute atomic E-state index is 5.67. The van der Waals surface area contributed by atoms with Gasteiger partial charge in [0.05, 0.1) is 4.90 Å². The summed E-state index contributed by atoms with van der Waals surface area (Å²) in [6.07, 6.45) is 0. The summed E-state index contributed by atoms with van der Waals surface area (Å²) in [5.41, 5.74) is 0. The van der Waals surface area contributed by atoms with Gasteiger partial charge in [0, 0.05) is 15.2 Å². The standard InChI is InChI=1S/C20H13S2/c21-20-18-8-4-3-6-15(18)10-12-19(20)22-17-11-9-14-5-1-2-7-16(14)13-17/h1-13H. The highest BCUT2D eigenvalue weighted by molar-refractivity contribution is 7.99. The summed E-state index contributed by atoms with van der Waals surface area (Å²) < 4.78 is 0. The molecule has 0 saturated carbocycles. The average Bonchev–Trinajstić information content (AvgIpc) is 2.57. The van der Waals surface area contributed by atoms with Gasteiger partial charge in [-0.1, -0.05) is 85.1 Å². The molecule has 0 bridgehead atoms. The van der Waals surface area contributed by atoms with Crippen molar-refractivity contribution in [1.29, 1.82) is 0 Å². The van der Waals surface area contributed by atoms with Crippen molar-refractivity contribution >= 4 is 45.9 Å². The van der Waals surface area contributed by atoms with E-state index in [4.69, 9.17) is 12.6 Å². The fraction of sp³-hybridized carbons (Fsp3) is 0. The van der Waals surface area contributed by atoms with E-state index in [2.05, 4.69) is 66.7 Å². The minimum absolute atomic E-state index is 0.941. The molecule has 4 aromatic rings. The molecule has 2 heteroatoms. The highest BCUT2D eigenvalue weighted by Gasteiger charge is 2.07. The molecule has 0 heterocycles. The first-order valence-corrected chi connectivity index (χ1v) is 8.39. The lowest BCUT2D eigenvalue weighted by Gasteiger charge is -2.08. The molecular formula is C20H13S2. The molecule has 0 N–H and O–H groups in total. The number of benzene rings is 4. The molecule has 1 radical (unpaired) electrons. The van der Waals surface area contributed by atoms with Crippen molar-refractivity contribution in [1.82, 2.24) is 0 Å². The molecule has 4 aromatic carbocycles. The summed E-state index contributed by atoms with van der Waals surface area (Å²) >= 11 is 7.41. The van der Waals surface area contributed by atoms with Gasteiger partial charge in [-0.05, 0) is 34.4 Å². The summed E-state index contributed by atoms with van der Waals surface area (Å²) in [7, 11) is 0. The van der Waals surface area contributed by atoms with Gasteiger partial charge in [0.15, 0.2) is 0 Å². The van der Waals surface area contributed by atoms with E-state index in [-0.39, 0.29) is 0 Å². The molecule has 105 valence electrons. The van der Waals surface area contributed by atoms with Crippen molar-refractivity contribution in [2.45, 2.75) is 14.7 Å². The molecule has 0 spiro atoms. The van der Waals surface area contributed by atoms with E-state index in [1.807, 2.05) is 12.1 Å². The number of hydrogen-bond donors (Lipinski definition) is 0. The largest absolute Gasteiger partial charge is 0.0885 e. The first kappa shape index (κ1) is 13.6. The smallest absolute Gasteiger partial charge is 0.0594 e. The lowest BCUT2D eigenvalue weighted by Crippen LogP contribution is -1.81. The Morgan fingerprint density at radius 1 is 0.636 bits per heavy atom. The summed E-state index contributed by atoms with van der Waals surface area (Å²) in [4.78, 5) is 3.31. The van der Waals surface area contributed by atoms with E-state index in [1.165, 1.54) is 21.1 Å². The number of rotatable bonds is 2. The molecular weight excluding hydrogens is 304 g/mol. The van der Waals surface area contributed by atoms with Gasteiger partial charge >= 0.3 is 0 Å². The average molecular weight is 317 g/mol. The SMILES string of the molecule is [S]c1c(Sc2ccc3ccccc3c2)ccc2ccccc12. The lowest BCUT2D eigenvalue weighted by atomic mass is 10.1. The third-order valence-electron chi connectivity index (χ3n) is 3.79. The van der Waals surface area contributed by atoms with Crippen molar-refractivity contribution < 1.29 is 0 Å². The summed E-state index contributed by atoms with van der Waals surface area (Å²) in [6.45, 7) is 0. The second-order valence-corrected chi connectivity index (χ2v) is 6.75. The monoisotopic (exact) mass is 317 g/mol. The van der Waals surface area contributed by atoms with Crippen molar-refractivity contribution in [3.63, 3.8) is 0 Å². The van der Waals surface area contributed by atoms with Crippen LogP contribution >= 0.6 is 24.4 Å². The molecule has 0 aliphatic rings. The van der Waals surface area contributed by atoms with Crippen LogP contribution in [0.1, 0.15) is 0 Å². The van der Waals surface area contributed by atoms with E-state index in [1.54, 1.807) is 11.8 Å². The molecule has 4 rings (SSSR count).